The zero-order valence-electron chi connectivity index (χ0n) is 15.6. The molecule has 0 saturated carbocycles. The minimum atomic E-state index is -1.10. The van der Waals surface area contributed by atoms with Crippen LogP contribution >= 0.6 is 11.8 Å². The van der Waals surface area contributed by atoms with E-state index in [4.69, 9.17) is 4.74 Å². The summed E-state index contributed by atoms with van der Waals surface area (Å²) >= 11 is 1.26. The van der Waals surface area contributed by atoms with Gasteiger partial charge < -0.3 is 4.74 Å². The number of amides is 1. The van der Waals surface area contributed by atoms with Crippen molar-refractivity contribution >= 4 is 23.6 Å². The van der Waals surface area contributed by atoms with Gasteiger partial charge in [-0.1, -0.05) is 36.1 Å². The average Bonchev–Trinajstić information content (AvgIpc) is 3.11. The second-order valence-corrected chi connectivity index (χ2v) is 7.59. The molecule has 2 aliphatic carbocycles. The number of allylic oxidation sites excluding steroid dienone is 7. The molecular formula is C22H17F2NO3S. The molecule has 1 aromatic rings. The lowest BCUT2D eigenvalue weighted by Gasteiger charge is -2.29. The molecule has 0 fully saturated rings. The molecule has 148 valence electrons. The lowest BCUT2D eigenvalue weighted by molar-refractivity contribution is -0.137. The highest BCUT2D eigenvalue weighted by Gasteiger charge is 2.33. The molecule has 1 aromatic carbocycles. The Hall–Kier alpha value is -2.93. The predicted molar refractivity (Wildman–Crippen MR) is 106 cm³/mol. The third kappa shape index (κ3) is 3.58. The Bertz CT molecular complexity index is 1070. The fourth-order valence-corrected chi connectivity index (χ4v) is 4.51. The number of rotatable bonds is 3. The van der Waals surface area contributed by atoms with Crippen LogP contribution in [-0.4, -0.2) is 23.4 Å². The number of hydrogen-bond donors (Lipinski definition) is 0. The van der Waals surface area contributed by atoms with Crippen molar-refractivity contribution in [2.75, 3.05) is 6.61 Å². The number of hydrogen-bond acceptors (Lipinski definition) is 4. The molecule has 0 unspecified atom stereocenters. The zero-order valence-corrected chi connectivity index (χ0v) is 16.4. The van der Waals surface area contributed by atoms with E-state index < -0.39 is 23.5 Å². The maximum atomic E-state index is 13.7. The van der Waals surface area contributed by atoms with Crippen LogP contribution in [0.4, 0.5) is 8.78 Å². The van der Waals surface area contributed by atoms with Crippen molar-refractivity contribution in [1.82, 2.24) is 4.90 Å². The standard InChI is InChI=1S/C22H17F2NO3S/c1-2-28-22(27)19-12-25(21(26)14-9-10-16(23)17(24)11-14)18-8-4-6-13-5-3-7-15(13)20(18)29-19/h3,5-7,9-12H,2,4,8H2,1H3. The molecule has 0 bridgehead atoms. The van der Waals surface area contributed by atoms with E-state index in [0.29, 0.717) is 12.8 Å². The Kier molecular flexibility index (Phi) is 5.24. The first-order chi connectivity index (χ1) is 14.0. The van der Waals surface area contributed by atoms with Crippen LogP contribution in [0.3, 0.4) is 0 Å². The van der Waals surface area contributed by atoms with Crippen molar-refractivity contribution in [3.63, 3.8) is 0 Å². The molecule has 29 heavy (non-hydrogen) atoms. The number of carbonyl (C=O) groups excluding carboxylic acids is 2. The monoisotopic (exact) mass is 413 g/mol. The normalized spacial score (nSPS) is 17.8. The molecule has 1 heterocycles. The number of nitrogens with zero attached hydrogens (tertiary/aromatic N) is 1. The molecule has 3 aliphatic rings. The second-order valence-electron chi connectivity index (χ2n) is 6.53. The molecule has 4 nitrogen and oxygen atoms in total. The third-order valence-corrected chi connectivity index (χ3v) is 5.86. The summed E-state index contributed by atoms with van der Waals surface area (Å²) in [6.07, 6.45) is 10.6. The summed E-state index contributed by atoms with van der Waals surface area (Å²) in [5.74, 6) is -3.19. The van der Waals surface area contributed by atoms with E-state index in [1.165, 1.54) is 28.9 Å². The molecule has 0 spiro atoms. The number of thioether (sulfide) groups is 1. The summed E-state index contributed by atoms with van der Waals surface area (Å²) in [4.78, 5) is 28.0. The van der Waals surface area contributed by atoms with E-state index in [-0.39, 0.29) is 17.1 Å². The summed E-state index contributed by atoms with van der Waals surface area (Å²) in [7, 11) is 0. The van der Waals surface area contributed by atoms with Crippen LogP contribution in [-0.2, 0) is 9.53 Å². The van der Waals surface area contributed by atoms with Crippen molar-refractivity contribution in [2.45, 2.75) is 19.8 Å². The van der Waals surface area contributed by atoms with Crippen LogP contribution in [0.1, 0.15) is 30.1 Å². The zero-order chi connectivity index (χ0) is 20.5. The van der Waals surface area contributed by atoms with E-state index in [1.807, 2.05) is 18.2 Å². The second kappa shape index (κ2) is 7.83. The van der Waals surface area contributed by atoms with Gasteiger partial charge in [0.15, 0.2) is 11.6 Å². The molecule has 0 radical (unpaired) electrons. The molecule has 0 saturated heterocycles. The van der Waals surface area contributed by atoms with Crippen molar-refractivity contribution in [1.29, 1.82) is 0 Å². The molecule has 0 aromatic heterocycles. The van der Waals surface area contributed by atoms with Gasteiger partial charge in [-0.2, -0.15) is 0 Å². The van der Waals surface area contributed by atoms with Gasteiger partial charge in [-0.3, -0.25) is 9.69 Å². The summed E-state index contributed by atoms with van der Waals surface area (Å²) in [5.41, 5.74) is 2.69. The maximum Gasteiger partial charge on any atom is 0.346 e. The fraction of sp³-hybridized carbons (Fsp3) is 0.182. The summed E-state index contributed by atoms with van der Waals surface area (Å²) in [6.45, 7) is 1.91. The van der Waals surface area contributed by atoms with Crippen LogP contribution in [0.15, 0.2) is 75.4 Å². The smallest absolute Gasteiger partial charge is 0.346 e. The number of ether oxygens (including phenoxy) is 1. The van der Waals surface area contributed by atoms with Gasteiger partial charge in [-0.15, -0.1) is 0 Å². The van der Waals surface area contributed by atoms with E-state index in [9.17, 15) is 18.4 Å². The number of carbonyl (C=O) groups is 2. The van der Waals surface area contributed by atoms with Crippen molar-refractivity contribution in [3.8, 4) is 0 Å². The van der Waals surface area contributed by atoms with Crippen LogP contribution in [0.5, 0.6) is 0 Å². The molecule has 0 N–H and O–H groups in total. The highest BCUT2D eigenvalue weighted by molar-refractivity contribution is 8.07. The van der Waals surface area contributed by atoms with Crippen molar-refractivity contribution < 1.29 is 23.1 Å². The quantitative estimate of drug-likeness (QED) is 0.656. The van der Waals surface area contributed by atoms with E-state index in [0.717, 1.165) is 33.9 Å². The predicted octanol–water partition coefficient (Wildman–Crippen LogP) is 4.99. The lowest BCUT2D eigenvalue weighted by Crippen LogP contribution is -2.30. The van der Waals surface area contributed by atoms with Crippen LogP contribution < -0.4 is 0 Å². The molecule has 4 rings (SSSR count). The van der Waals surface area contributed by atoms with Crippen molar-refractivity contribution in [3.05, 3.63) is 92.6 Å². The summed E-state index contributed by atoms with van der Waals surface area (Å²) in [5, 5.41) is 0. The topological polar surface area (TPSA) is 46.6 Å². The van der Waals surface area contributed by atoms with Gasteiger partial charge in [0, 0.05) is 22.4 Å². The maximum absolute atomic E-state index is 13.7. The first-order valence-corrected chi connectivity index (χ1v) is 9.99. The molecule has 0 atom stereocenters. The first kappa shape index (κ1) is 19.4. The van der Waals surface area contributed by atoms with Crippen molar-refractivity contribution in [2.24, 2.45) is 0 Å². The van der Waals surface area contributed by atoms with Gasteiger partial charge in [0.1, 0.15) is 4.91 Å². The average molecular weight is 413 g/mol. The van der Waals surface area contributed by atoms with Gasteiger partial charge in [0.2, 0.25) is 0 Å². The summed E-state index contributed by atoms with van der Waals surface area (Å²) in [6, 6.07) is 3.02. The number of halogens is 2. The highest BCUT2D eigenvalue weighted by atomic mass is 32.2. The Morgan fingerprint density at radius 3 is 2.83 bits per heavy atom. The van der Waals surface area contributed by atoms with E-state index in [2.05, 4.69) is 6.08 Å². The number of esters is 1. The molecular weight excluding hydrogens is 396 g/mol. The molecule has 1 amide bonds. The number of benzene rings is 1. The minimum Gasteiger partial charge on any atom is -0.462 e. The van der Waals surface area contributed by atoms with Crippen LogP contribution in [0.25, 0.3) is 0 Å². The third-order valence-electron chi connectivity index (χ3n) is 4.71. The molecule has 7 heteroatoms. The summed E-state index contributed by atoms with van der Waals surface area (Å²) < 4.78 is 32.2. The van der Waals surface area contributed by atoms with Gasteiger partial charge >= 0.3 is 5.97 Å². The lowest BCUT2D eigenvalue weighted by atomic mass is 10.1. The van der Waals surface area contributed by atoms with Crippen LogP contribution in [0, 0.1) is 11.6 Å². The van der Waals surface area contributed by atoms with Crippen LogP contribution in [0.2, 0.25) is 0 Å². The Labute approximate surface area is 170 Å². The van der Waals surface area contributed by atoms with Gasteiger partial charge in [-0.25, -0.2) is 13.6 Å². The van der Waals surface area contributed by atoms with Gasteiger partial charge in [0.05, 0.1) is 6.61 Å². The first-order valence-electron chi connectivity index (χ1n) is 9.17. The van der Waals surface area contributed by atoms with E-state index >= 15 is 0 Å². The van der Waals surface area contributed by atoms with Gasteiger partial charge in [0.25, 0.3) is 5.91 Å². The minimum absolute atomic E-state index is 0.00179. The SMILES string of the molecule is CCOC(=O)C1=CN(C(=O)c2ccc(F)c(F)c2)C2=C(S1)C1=CC=CC1=CCC2. The fourth-order valence-electron chi connectivity index (χ4n) is 3.37. The number of fused-ring (bicyclic) bond motifs is 2. The highest BCUT2D eigenvalue weighted by Crippen LogP contribution is 2.46. The Balaban J connectivity index is 1.79. The largest absolute Gasteiger partial charge is 0.462 e. The Morgan fingerprint density at radius 1 is 1.24 bits per heavy atom. The van der Waals surface area contributed by atoms with Gasteiger partial charge in [-0.05, 0) is 49.1 Å². The molecule has 1 aliphatic heterocycles. The van der Waals surface area contributed by atoms with E-state index in [1.54, 1.807) is 6.92 Å². The Morgan fingerprint density at radius 2 is 2.07 bits per heavy atom.